The number of fused-ring (bicyclic) bond motifs is 3. The van der Waals surface area contributed by atoms with Crippen molar-refractivity contribution in [2.75, 3.05) is 5.73 Å². The number of H-pyrrole nitrogens is 1. The summed E-state index contributed by atoms with van der Waals surface area (Å²) in [6, 6.07) is 14.6. The molecule has 200 valence electrons. The minimum atomic E-state index is -0.0571. The summed E-state index contributed by atoms with van der Waals surface area (Å²) in [5.74, 6) is 1.61. The van der Waals surface area contributed by atoms with E-state index in [4.69, 9.17) is 15.7 Å². The summed E-state index contributed by atoms with van der Waals surface area (Å²) < 4.78 is 1.80. The van der Waals surface area contributed by atoms with Crippen LogP contribution in [0.25, 0.3) is 28.0 Å². The number of carbonyl (C=O) groups is 1. The first-order chi connectivity index (χ1) is 19.7. The van der Waals surface area contributed by atoms with Gasteiger partial charge in [-0.25, -0.2) is 4.98 Å². The zero-order valence-electron chi connectivity index (χ0n) is 21.9. The van der Waals surface area contributed by atoms with Gasteiger partial charge in [-0.15, -0.1) is 10.2 Å². The fraction of sp³-hybridized carbons (Fsp3) is 0.333. The second-order valence-electron chi connectivity index (χ2n) is 11.3. The molecule has 3 aliphatic rings. The van der Waals surface area contributed by atoms with Crippen LogP contribution in [-0.4, -0.2) is 57.7 Å². The van der Waals surface area contributed by atoms with Crippen LogP contribution in [-0.2, 0) is 0 Å². The van der Waals surface area contributed by atoms with Crippen LogP contribution in [0.5, 0.6) is 0 Å². The molecule has 3 fully saturated rings. The summed E-state index contributed by atoms with van der Waals surface area (Å²) in [4.78, 5) is 28.2. The minimum absolute atomic E-state index is 0.0571. The van der Waals surface area contributed by atoms with Crippen LogP contribution in [0.2, 0.25) is 0 Å². The monoisotopic (exact) mass is 531 g/mol. The molecular formula is C30H29N9O. The molecule has 2 saturated heterocycles. The summed E-state index contributed by atoms with van der Waals surface area (Å²) in [6.45, 7) is 0. The number of hydrogen-bond acceptors (Lipinski definition) is 7. The van der Waals surface area contributed by atoms with Crippen LogP contribution in [0.1, 0.15) is 72.2 Å². The highest BCUT2D eigenvalue weighted by molar-refractivity contribution is 5.91. The van der Waals surface area contributed by atoms with Crippen LogP contribution in [0.4, 0.5) is 5.82 Å². The van der Waals surface area contributed by atoms with Crippen molar-refractivity contribution in [1.29, 1.82) is 0 Å². The predicted molar refractivity (Wildman–Crippen MR) is 149 cm³/mol. The third-order valence-electron chi connectivity index (χ3n) is 8.85. The molecule has 40 heavy (non-hydrogen) atoms. The van der Waals surface area contributed by atoms with Crippen LogP contribution in [0.15, 0.2) is 61.2 Å². The van der Waals surface area contributed by atoms with E-state index in [9.17, 15) is 4.79 Å². The molecule has 5 aromatic rings. The molecule has 3 N–H and O–H groups in total. The van der Waals surface area contributed by atoms with E-state index in [0.29, 0.717) is 17.6 Å². The quantitative estimate of drug-likeness (QED) is 0.339. The van der Waals surface area contributed by atoms with E-state index in [1.165, 1.54) is 6.33 Å². The fourth-order valence-electron chi connectivity index (χ4n) is 6.85. The lowest BCUT2D eigenvalue weighted by Gasteiger charge is -2.39. The molecule has 2 aliphatic heterocycles. The van der Waals surface area contributed by atoms with Crippen molar-refractivity contribution >= 4 is 17.4 Å². The lowest BCUT2D eigenvalue weighted by atomic mass is 9.85. The van der Waals surface area contributed by atoms with Crippen molar-refractivity contribution in [3.05, 3.63) is 78.3 Å². The Balaban J connectivity index is 1.16. The molecular weight excluding hydrogens is 502 g/mol. The van der Waals surface area contributed by atoms with Gasteiger partial charge in [0.05, 0.1) is 17.6 Å². The maximum atomic E-state index is 13.2. The average molecular weight is 532 g/mol. The number of nitrogen functional groups attached to an aromatic ring is 1. The van der Waals surface area contributed by atoms with Gasteiger partial charge in [-0.2, -0.15) is 9.61 Å². The van der Waals surface area contributed by atoms with Gasteiger partial charge in [-0.05, 0) is 50.5 Å². The lowest BCUT2D eigenvalue weighted by Crippen LogP contribution is -2.46. The fourth-order valence-corrected chi connectivity index (χ4v) is 6.85. The molecule has 0 radical (unpaired) electrons. The van der Waals surface area contributed by atoms with E-state index in [-0.39, 0.29) is 23.9 Å². The molecule has 0 spiro atoms. The Morgan fingerprint density at radius 2 is 1.73 bits per heavy atom. The summed E-state index contributed by atoms with van der Waals surface area (Å²) in [7, 11) is 0. The Morgan fingerprint density at radius 3 is 2.40 bits per heavy atom. The van der Waals surface area contributed by atoms with Gasteiger partial charge in [-0.1, -0.05) is 36.4 Å². The van der Waals surface area contributed by atoms with Gasteiger partial charge >= 0.3 is 0 Å². The highest BCUT2D eigenvalue weighted by atomic mass is 16.2. The summed E-state index contributed by atoms with van der Waals surface area (Å²) in [6.07, 6.45) is 11.2. The van der Waals surface area contributed by atoms with Gasteiger partial charge in [0.15, 0.2) is 5.65 Å². The van der Waals surface area contributed by atoms with E-state index in [2.05, 4.69) is 38.5 Å². The highest BCUT2D eigenvalue weighted by Crippen LogP contribution is 2.50. The van der Waals surface area contributed by atoms with Gasteiger partial charge in [0.1, 0.15) is 12.1 Å². The number of amides is 1. The molecule has 6 heterocycles. The Labute approximate surface area is 230 Å². The Bertz CT molecular complexity index is 1690. The number of carbonyl (C=O) groups excluding carboxylic acids is 1. The first-order valence-electron chi connectivity index (χ1n) is 14.0. The molecule has 1 saturated carbocycles. The second-order valence-corrected chi connectivity index (χ2v) is 11.3. The average Bonchev–Trinajstić information content (AvgIpc) is 3.37. The molecule has 8 rings (SSSR count). The summed E-state index contributed by atoms with van der Waals surface area (Å²) in [5.41, 5.74) is 13.7. The lowest BCUT2D eigenvalue weighted by molar-refractivity contribution is 0.0557. The number of benzene rings is 1. The number of nitrogens with one attached hydrogen (secondary N) is 1. The van der Waals surface area contributed by atoms with Gasteiger partial charge in [0.2, 0.25) is 5.82 Å². The summed E-state index contributed by atoms with van der Waals surface area (Å²) >= 11 is 0. The number of pyridine rings is 1. The van der Waals surface area contributed by atoms with Crippen molar-refractivity contribution in [2.45, 2.75) is 62.4 Å². The molecule has 1 aliphatic carbocycles. The standard InChI is InChI=1S/C30H29N9O/c31-27-25(18-6-7-18)26(20-12-21-9-10-22(13-20)38(21)30(40)28-33-16-34-37-28)36-29-23(15-35-39(27)29)19-8-11-24(32-14-19)17-4-2-1-3-5-17/h1-5,8,11,14-16,18,20-22H,6-7,9-10,12-13,31H2,(H,33,34,37)/t20?,21-,22?/m1/s1. The Hall–Kier alpha value is -4.60. The number of hydrogen-bond donors (Lipinski definition) is 2. The van der Waals surface area contributed by atoms with Crippen LogP contribution < -0.4 is 5.73 Å². The normalized spacial score (nSPS) is 22.2. The van der Waals surface area contributed by atoms with Crippen molar-refractivity contribution < 1.29 is 4.79 Å². The molecule has 2 bridgehead atoms. The first-order valence-corrected chi connectivity index (χ1v) is 14.0. The van der Waals surface area contributed by atoms with Crippen molar-refractivity contribution in [2.24, 2.45) is 0 Å². The van der Waals surface area contributed by atoms with Crippen molar-refractivity contribution in [3.63, 3.8) is 0 Å². The van der Waals surface area contributed by atoms with Gasteiger partial charge in [0, 0.05) is 46.5 Å². The van der Waals surface area contributed by atoms with Gasteiger partial charge < -0.3 is 15.6 Å². The number of rotatable bonds is 5. The number of nitrogens with two attached hydrogens (primary N) is 1. The zero-order chi connectivity index (χ0) is 26.8. The third kappa shape index (κ3) is 3.70. The largest absolute Gasteiger partial charge is 0.383 e. The SMILES string of the molecule is Nc1c(C2CC2)c(C2CC3CC[C@H](C2)N3C(=O)c2nnc[nH]2)nc2c(-c3ccc(-c4ccccc4)nc3)cnn12. The molecule has 3 atom stereocenters. The highest BCUT2D eigenvalue weighted by Gasteiger charge is 2.46. The van der Waals surface area contributed by atoms with Crippen molar-refractivity contribution in [1.82, 2.24) is 39.7 Å². The van der Waals surface area contributed by atoms with E-state index in [1.54, 1.807) is 4.52 Å². The smallest absolute Gasteiger partial charge is 0.292 e. The number of piperidine rings is 1. The maximum absolute atomic E-state index is 13.2. The topological polar surface area (TPSA) is 131 Å². The number of aromatic nitrogens is 7. The van der Waals surface area contributed by atoms with E-state index < -0.39 is 0 Å². The van der Waals surface area contributed by atoms with Crippen LogP contribution in [0.3, 0.4) is 0 Å². The summed E-state index contributed by atoms with van der Waals surface area (Å²) in [5, 5.41) is 12.4. The first kappa shape index (κ1) is 23.3. The van der Waals surface area contributed by atoms with E-state index in [1.807, 2.05) is 41.6 Å². The molecule has 1 amide bonds. The number of nitrogens with zero attached hydrogens (tertiary/aromatic N) is 7. The van der Waals surface area contributed by atoms with Crippen LogP contribution in [0, 0.1) is 0 Å². The number of aromatic amines is 1. The van der Waals surface area contributed by atoms with Crippen LogP contribution >= 0.6 is 0 Å². The Kier molecular flexibility index (Phi) is 5.23. The predicted octanol–water partition coefficient (Wildman–Crippen LogP) is 4.59. The second kappa shape index (κ2) is 8.97. The molecule has 10 heteroatoms. The van der Waals surface area contributed by atoms with E-state index >= 15 is 0 Å². The van der Waals surface area contributed by atoms with E-state index in [0.717, 1.165) is 77.8 Å². The third-order valence-corrected chi connectivity index (χ3v) is 8.85. The maximum Gasteiger partial charge on any atom is 0.292 e. The van der Waals surface area contributed by atoms with Gasteiger partial charge in [-0.3, -0.25) is 9.78 Å². The molecule has 1 aromatic carbocycles. The van der Waals surface area contributed by atoms with Gasteiger partial charge in [0.25, 0.3) is 5.91 Å². The zero-order valence-corrected chi connectivity index (χ0v) is 21.9. The Morgan fingerprint density at radius 1 is 0.925 bits per heavy atom. The number of anilines is 1. The molecule has 2 unspecified atom stereocenters. The van der Waals surface area contributed by atoms with Crippen molar-refractivity contribution in [3.8, 4) is 22.4 Å². The molecule has 10 nitrogen and oxygen atoms in total. The molecule has 4 aromatic heterocycles. The minimum Gasteiger partial charge on any atom is -0.383 e.